The molecule has 0 aromatic carbocycles. The number of aromatic nitrogens is 1. The number of aliphatic hydroxyl groups is 2. The Morgan fingerprint density at radius 1 is 1.34 bits per heavy atom. The predicted molar refractivity (Wildman–Crippen MR) is 136 cm³/mol. The van der Waals surface area contributed by atoms with Crippen molar-refractivity contribution in [3.63, 3.8) is 0 Å². The number of carbonyl (C=O) groups excluding carboxylic acids is 1. The number of aliphatic carboxylic acids is 1. The number of carboxylic acid groups (broad SMARTS) is 1. The maximum absolute atomic E-state index is 12.6. The number of thiophene rings is 1. The molecule has 0 aliphatic carbocycles. The molecule has 0 unspecified atom stereocenters. The number of fused-ring (bicyclic) bond motifs is 1. The largest absolute Gasteiger partial charge is 0.477 e. The van der Waals surface area contributed by atoms with Crippen LogP contribution < -0.4 is 0 Å². The Bertz CT molecular complexity index is 1170. The van der Waals surface area contributed by atoms with E-state index < -0.39 is 18.0 Å². The number of aliphatic hydroxyl groups excluding tert-OH is 2. The van der Waals surface area contributed by atoms with Crippen LogP contribution in [-0.2, 0) is 16.1 Å². The first-order chi connectivity index (χ1) is 16.7. The van der Waals surface area contributed by atoms with Crippen LogP contribution in [0, 0.1) is 11.8 Å². The lowest BCUT2D eigenvalue weighted by molar-refractivity contribution is -0.929. The Balaban J connectivity index is 1.34. The summed E-state index contributed by atoms with van der Waals surface area (Å²) in [6.45, 7) is 7.65. The monoisotopic (exact) mass is 536 g/mol. The number of rotatable bonds is 9. The van der Waals surface area contributed by atoms with Gasteiger partial charge in [0, 0.05) is 29.0 Å². The highest BCUT2D eigenvalue weighted by Gasteiger charge is 2.60. The van der Waals surface area contributed by atoms with Crippen molar-refractivity contribution in [2.45, 2.75) is 49.7 Å². The van der Waals surface area contributed by atoms with E-state index in [0.717, 1.165) is 45.6 Å². The van der Waals surface area contributed by atoms with Gasteiger partial charge in [0.05, 0.1) is 53.2 Å². The molecule has 2 saturated heterocycles. The lowest BCUT2D eigenvalue weighted by atomic mass is 9.79. The van der Waals surface area contributed by atoms with Gasteiger partial charge in [-0.1, -0.05) is 18.7 Å². The number of thiazole rings is 1. The molecule has 188 valence electrons. The first kappa shape index (κ1) is 24.9. The molecular formula is C24H30N3O5S3+. The predicted octanol–water partition coefficient (Wildman–Crippen LogP) is 3.22. The third-order valence-corrected chi connectivity index (χ3v) is 10.8. The summed E-state index contributed by atoms with van der Waals surface area (Å²) in [5, 5.41) is 31.4. The Labute approximate surface area is 216 Å². The van der Waals surface area contributed by atoms with Crippen molar-refractivity contribution < 1.29 is 29.4 Å². The molecule has 2 fully saturated rings. The van der Waals surface area contributed by atoms with E-state index in [-0.39, 0.29) is 30.2 Å². The van der Waals surface area contributed by atoms with Crippen LogP contribution in [0.5, 0.6) is 0 Å². The molecule has 5 heterocycles. The fourth-order valence-corrected chi connectivity index (χ4v) is 9.04. The van der Waals surface area contributed by atoms with Gasteiger partial charge < -0.3 is 24.7 Å². The molecule has 1 amide bonds. The van der Waals surface area contributed by atoms with E-state index in [1.54, 1.807) is 18.3 Å². The maximum Gasteiger partial charge on any atom is 0.353 e. The van der Waals surface area contributed by atoms with Crippen LogP contribution in [-0.4, -0.2) is 79.9 Å². The number of thioether (sulfide) groups is 1. The van der Waals surface area contributed by atoms with Gasteiger partial charge in [-0.2, -0.15) is 0 Å². The van der Waals surface area contributed by atoms with Crippen molar-refractivity contribution in [3.8, 4) is 10.6 Å². The number of hydrogen-bond donors (Lipinski definition) is 3. The van der Waals surface area contributed by atoms with Gasteiger partial charge in [-0.15, -0.1) is 22.7 Å². The summed E-state index contributed by atoms with van der Waals surface area (Å²) >= 11 is 4.51. The molecule has 3 aliphatic rings. The van der Waals surface area contributed by atoms with E-state index in [4.69, 9.17) is 4.98 Å². The van der Waals surface area contributed by atoms with E-state index in [1.165, 1.54) is 45.7 Å². The number of quaternary nitrogens is 1. The van der Waals surface area contributed by atoms with Crippen LogP contribution in [0.1, 0.15) is 31.6 Å². The third-order valence-electron chi connectivity index (χ3n) is 7.49. The van der Waals surface area contributed by atoms with Crippen molar-refractivity contribution in [3.05, 3.63) is 33.0 Å². The molecular weight excluding hydrogens is 506 g/mol. The SMILES string of the molecule is C[C@@H](O)[C@H]1C(=O)N2C(C(=O)O)=C(Sc3nc(-c4ccc(C[N+]5(CCO)CCCC5)s4)cs3)[C@H](C)[C@H]12. The summed E-state index contributed by atoms with van der Waals surface area (Å²) < 4.78 is 1.69. The molecule has 3 N–H and O–H groups in total. The number of carbonyl (C=O) groups is 2. The molecule has 3 aliphatic heterocycles. The smallest absolute Gasteiger partial charge is 0.353 e. The van der Waals surface area contributed by atoms with Crippen LogP contribution in [0.3, 0.4) is 0 Å². The summed E-state index contributed by atoms with van der Waals surface area (Å²) in [6, 6.07) is 3.92. The highest BCUT2D eigenvalue weighted by atomic mass is 32.2. The first-order valence-corrected chi connectivity index (χ1v) is 14.4. The van der Waals surface area contributed by atoms with Crippen LogP contribution in [0.25, 0.3) is 10.6 Å². The Hall–Kier alpha value is -1.76. The summed E-state index contributed by atoms with van der Waals surface area (Å²) in [6.07, 6.45) is 1.60. The number of likely N-dealkylation sites (tertiary alicyclic amines) is 1. The fourth-order valence-electron chi connectivity index (χ4n) is 5.78. The summed E-state index contributed by atoms with van der Waals surface area (Å²) in [4.78, 5) is 33.7. The Morgan fingerprint density at radius 2 is 2.09 bits per heavy atom. The standard InChI is InChI=1S/C24H29N3O5S3/c1-13-19-18(14(2)29)22(30)26(19)20(23(31)32)21(13)35-24-25-16(12-33-24)17-6-5-15(34-17)11-27(9-10-28)7-3-4-8-27/h5-6,12-14,18-19,28-29H,3-4,7-11H2,1-2H3/p+1/t13-,14-,18-,19-/m1/s1. The van der Waals surface area contributed by atoms with E-state index in [2.05, 4.69) is 12.1 Å². The second-order valence-electron chi connectivity index (χ2n) is 9.74. The highest BCUT2D eigenvalue weighted by molar-refractivity contribution is 8.04. The maximum atomic E-state index is 12.6. The second-order valence-corrected chi connectivity index (χ2v) is 13.1. The zero-order valence-electron chi connectivity index (χ0n) is 19.7. The van der Waals surface area contributed by atoms with Gasteiger partial charge in [0.15, 0.2) is 4.34 Å². The van der Waals surface area contributed by atoms with Gasteiger partial charge in [0.25, 0.3) is 0 Å². The van der Waals surface area contributed by atoms with Crippen LogP contribution in [0.4, 0.5) is 0 Å². The van der Waals surface area contributed by atoms with Crippen molar-refractivity contribution >= 4 is 46.3 Å². The molecule has 0 saturated carbocycles. The van der Waals surface area contributed by atoms with Crippen molar-refractivity contribution in [1.82, 2.24) is 9.88 Å². The molecule has 0 radical (unpaired) electrons. The van der Waals surface area contributed by atoms with Gasteiger partial charge in [-0.3, -0.25) is 4.79 Å². The minimum absolute atomic E-state index is 0.0214. The van der Waals surface area contributed by atoms with E-state index in [9.17, 15) is 24.9 Å². The van der Waals surface area contributed by atoms with Crippen molar-refractivity contribution in [2.24, 2.45) is 11.8 Å². The van der Waals surface area contributed by atoms with E-state index in [1.807, 2.05) is 12.3 Å². The molecule has 5 rings (SSSR count). The van der Waals surface area contributed by atoms with E-state index in [0.29, 0.717) is 4.91 Å². The number of hydrogen-bond acceptors (Lipinski definition) is 8. The third kappa shape index (κ3) is 4.36. The average Bonchev–Trinajstić information content (AvgIpc) is 3.57. The zero-order valence-corrected chi connectivity index (χ0v) is 22.2. The van der Waals surface area contributed by atoms with E-state index >= 15 is 0 Å². The minimum Gasteiger partial charge on any atom is -0.477 e. The number of β-lactam (4-membered cyclic amide) rings is 1. The zero-order chi connectivity index (χ0) is 24.9. The normalized spacial score (nSPS) is 26.2. The Kier molecular flexibility index (Phi) is 6.84. The molecule has 11 heteroatoms. The molecule has 8 nitrogen and oxygen atoms in total. The van der Waals surface area contributed by atoms with Gasteiger partial charge in [-0.25, -0.2) is 9.78 Å². The lowest BCUT2D eigenvalue weighted by Gasteiger charge is -2.46. The highest BCUT2D eigenvalue weighted by Crippen LogP contribution is 2.52. The van der Waals surface area contributed by atoms with Crippen LogP contribution >= 0.6 is 34.4 Å². The van der Waals surface area contributed by atoms with Gasteiger partial charge >= 0.3 is 5.97 Å². The van der Waals surface area contributed by atoms with Crippen molar-refractivity contribution in [1.29, 1.82) is 0 Å². The molecule has 4 atom stereocenters. The number of nitrogens with zero attached hydrogens (tertiary/aromatic N) is 3. The average molecular weight is 537 g/mol. The lowest BCUT2D eigenvalue weighted by Crippen LogP contribution is -2.63. The topological polar surface area (TPSA) is 111 Å². The van der Waals surface area contributed by atoms with Gasteiger partial charge in [-0.05, 0) is 19.1 Å². The first-order valence-electron chi connectivity index (χ1n) is 11.9. The molecule has 0 bridgehead atoms. The molecule has 0 spiro atoms. The minimum atomic E-state index is -1.12. The quantitative estimate of drug-likeness (QED) is 0.333. The second kappa shape index (κ2) is 9.60. The van der Waals surface area contributed by atoms with Crippen molar-refractivity contribution in [2.75, 3.05) is 26.2 Å². The van der Waals surface area contributed by atoms with Crippen LogP contribution in [0.15, 0.2) is 32.5 Å². The summed E-state index contributed by atoms with van der Waals surface area (Å²) in [7, 11) is 0. The Morgan fingerprint density at radius 3 is 2.74 bits per heavy atom. The molecule has 35 heavy (non-hydrogen) atoms. The van der Waals surface area contributed by atoms with Crippen LogP contribution in [0.2, 0.25) is 0 Å². The fraction of sp³-hybridized carbons (Fsp3) is 0.542. The summed E-state index contributed by atoms with van der Waals surface area (Å²) in [5.74, 6) is -2.20. The van der Waals surface area contributed by atoms with Gasteiger partial charge in [0.1, 0.15) is 18.8 Å². The van der Waals surface area contributed by atoms with Gasteiger partial charge in [0.2, 0.25) is 5.91 Å². The summed E-state index contributed by atoms with van der Waals surface area (Å²) in [5.41, 5.74) is 0.890. The number of amides is 1. The molecule has 2 aromatic rings. The number of carboxylic acids is 1. The molecule has 2 aromatic heterocycles.